The van der Waals surface area contributed by atoms with Crippen molar-refractivity contribution in [2.75, 3.05) is 7.11 Å². The number of hydrogen-bond donors (Lipinski definition) is 0. The van der Waals surface area contributed by atoms with Crippen LogP contribution in [-0.2, 0) is 14.3 Å². The lowest BCUT2D eigenvalue weighted by atomic mass is 9.93. The van der Waals surface area contributed by atoms with Gasteiger partial charge in [0.1, 0.15) is 5.92 Å². The minimum atomic E-state index is -0.602. The van der Waals surface area contributed by atoms with Crippen molar-refractivity contribution in [1.82, 2.24) is 0 Å². The predicted molar refractivity (Wildman–Crippen MR) is 69.0 cm³/mol. The van der Waals surface area contributed by atoms with Crippen molar-refractivity contribution in [3.05, 3.63) is 53.1 Å². The maximum atomic E-state index is 12.0. The van der Waals surface area contributed by atoms with Gasteiger partial charge in [-0.1, -0.05) is 30.3 Å². The second kappa shape index (κ2) is 5.00. The molecule has 1 aliphatic carbocycles. The molecule has 3 heteroatoms. The summed E-state index contributed by atoms with van der Waals surface area (Å²) in [6.07, 6.45) is 4.90. The molecule has 1 aromatic carbocycles. The number of methoxy groups -OCH3 is 1. The zero-order valence-electron chi connectivity index (χ0n) is 10.3. The van der Waals surface area contributed by atoms with Crippen LogP contribution in [0.5, 0.6) is 0 Å². The second-order valence-corrected chi connectivity index (χ2v) is 4.05. The SMILES string of the molecule is C/C=C/C(=O)C1=Cc2ccccc2C1C(=O)OC. The molecule has 0 N–H and O–H groups in total. The molecule has 2 rings (SSSR count). The van der Waals surface area contributed by atoms with Gasteiger partial charge in [0, 0.05) is 5.57 Å². The molecular formula is C15H14O3. The quantitative estimate of drug-likeness (QED) is 0.604. The molecule has 0 bridgehead atoms. The molecule has 0 fully saturated rings. The molecule has 0 amide bonds. The van der Waals surface area contributed by atoms with Crippen LogP contribution in [0.2, 0.25) is 0 Å². The monoisotopic (exact) mass is 242 g/mol. The molecule has 3 nitrogen and oxygen atoms in total. The van der Waals surface area contributed by atoms with Crippen LogP contribution in [0.3, 0.4) is 0 Å². The van der Waals surface area contributed by atoms with E-state index in [4.69, 9.17) is 4.74 Å². The van der Waals surface area contributed by atoms with Crippen LogP contribution in [0.4, 0.5) is 0 Å². The third-order valence-corrected chi connectivity index (χ3v) is 2.97. The van der Waals surface area contributed by atoms with E-state index < -0.39 is 11.9 Å². The summed E-state index contributed by atoms with van der Waals surface area (Å²) >= 11 is 0. The van der Waals surface area contributed by atoms with Gasteiger partial charge in [-0.3, -0.25) is 9.59 Å². The van der Waals surface area contributed by atoms with Crippen LogP contribution in [-0.4, -0.2) is 18.9 Å². The van der Waals surface area contributed by atoms with Crippen LogP contribution in [0.15, 0.2) is 42.0 Å². The van der Waals surface area contributed by atoms with E-state index in [2.05, 4.69) is 0 Å². The lowest BCUT2D eigenvalue weighted by Gasteiger charge is -2.12. The van der Waals surface area contributed by atoms with Crippen molar-refractivity contribution < 1.29 is 14.3 Å². The normalized spacial score (nSPS) is 17.4. The smallest absolute Gasteiger partial charge is 0.317 e. The number of fused-ring (bicyclic) bond motifs is 1. The standard InChI is InChI=1S/C15H14O3/c1-3-6-13(16)12-9-10-7-4-5-8-11(10)14(12)15(17)18-2/h3-9,14H,1-2H3/b6-3+. The highest BCUT2D eigenvalue weighted by Crippen LogP contribution is 2.37. The minimum Gasteiger partial charge on any atom is -0.468 e. The van der Waals surface area contributed by atoms with E-state index in [1.807, 2.05) is 24.3 Å². The van der Waals surface area contributed by atoms with Crippen LogP contribution in [0, 0.1) is 0 Å². The van der Waals surface area contributed by atoms with Gasteiger partial charge in [0.15, 0.2) is 5.78 Å². The van der Waals surface area contributed by atoms with E-state index in [-0.39, 0.29) is 5.78 Å². The van der Waals surface area contributed by atoms with Crippen molar-refractivity contribution in [3.8, 4) is 0 Å². The summed E-state index contributed by atoms with van der Waals surface area (Å²) in [5, 5.41) is 0. The van der Waals surface area contributed by atoms with Gasteiger partial charge >= 0.3 is 5.97 Å². The number of ketones is 1. The summed E-state index contributed by atoms with van der Waals surface area (Å²) < 4.78 is 4.79. The number of carbonyl (C=O) groups excluding carboxylic acids is 2. The Kier molecular flexibility index (Phi) is 3.42. The second-order valence-electron chi connectivity index (χ2n) is 4.05. The summed E-state index contributed by atoms with van der Waals surface area (Å²) in [5.74, 6) is -1.15. The maximum absolute atomic E-state index is 12.0. The Hall–Kier alpha value is -2.16. The Morgan fingerprint density at radius 2 is 2.00 bits per heavy atom. The Morgan fingerprint density at radius 1 is 1.28 bits per heavy atom. The first-order chi connectivity index (χ1) is 8.69. The molecule has 0 aliphatic heterocycles. The number of allylic oxidation sites excluding steroid dienone is 2. The first-order valence-corrected chi connectivity index (χ1v) is 5.74. The average molecular weight is 242 g/mol. The zero-order chi connectivity index (χ0) is 13.1. The first-order valence-electron chi connectivity index (χ1n) is 5.74. The van der Waals surface area contributed by atoms with E-state index in [1.165, 1.54) is 13.2 Å². The number of rotatable bonds is 3. The fourth-order valence-electron chi connectivity index (χ4n) is 2.16. The zero-order valence-corrected chi connectivity index (χ0v) is 10.3. The van der Waals surface area contributed by atoms with Gasteiger partial charge in [0.25, 0.3) is 0 Å². The highest BCUT2D eigenvalue weighted by Gasteiger charge is 2.34. The summed E-state index contributed by atoms with van der Waals surface area (Å²) in [7, 11) is 1.33. The van der Waals surface area contributed by atoms with Gasteiger partial charge in [0.2, 0.25) is 0 Å². The van der Waals surface area contributed by atoms with Crippen LogP contribution < -0.4 is 0 Å². The molecule has 92 valence electrons. The lowest BCUT2D eigenvalue weighted by molar-refractivity contribution is -0.141. The first kappa shape index (κ1) is 12.3. The van der Waals surface area contributed by atoms with Crippen molar-refractivity contribution in [2.24, 2.45) is 0 Å². The van der Waals surface area contributed by atoms with Crippen molar-refractivity contribution in [3.63, 3.8) is 0 Å². The van der Waals surface area contributed by atoms with E-state index >= 15 is 0 Å². The van der Waals surface area contributed by atoms with Crippen LogP contribution >= 0.6 is 0 Å². The van der Waals surface area contributed by atoms with Gasteiger partial charge in [-0.05, 0) is 30.2 Å². The Labute approximate surface area is 106 Å². The molecule has 0 aromatic heterocycles. The molecule has 18 heavy (non-hydrogen) atoms. The fraction of sp³-hybridized carbons (Fsp3) is 0.200. The molecule has 0 heterocycles. The number of ether oxygens (including phenoxy) is 1. The van der Waals surface area contributed by atoms with E-state index in [1.54, 1.807) is 19.1 Å². The Morgan fingerprint density at radius 3 is 2.67 bits per heavy atom. The molecule has 0 spiro atoms. The minimum absolute atomic E-state index is 0.149. The Bertz CT molecular complexity index is 553. The lowest BCUT2D eigenvalue weighted by Crippen LogP contribution is -2.18. The van der Waals surface area contributed by atoms with Crippen LogP contribution in [0.25, 0.3) is 6.08 Å². The van der Waals surface area contributed by atoms with E-state index in [0.29, 0.717) is 5.57 Å². The third-order valence-electron chi connectivity index (χ3n) is 2.97. The number of benzene rings is 1. The van der Waals surface area contributed by atoms with E-state index in [9.17, 15) is 9.59 Å². The Balaban J connectivity index is 2.48. The van der Waals surface area contributed by atoms with Gasteiger partial charge in [-0.15, -0.1) is 0 Å². The summed E-state index contributed by atoms with van der Waals surface area (Å²) in [6.45, 7) is 1.77. The topological polar surface area (TPSA) is 43.4 Å². The molecule has 0 saturated carbocycles. The highest BCUT2D eigenvalue weighted by atomic mass is 16.5. The summed E-state index contributed by atoms with van der Waals surface area (Å²) in [6, 6.07) is 7.48. The van der Waals surface area contributed by atoms with Gasteiger partial charge in [0.05, 0.1) is 7.11 Å². The van der Waals surface area contributed by atoms with Crippen molar-refractivity contribution in [1.29, 1.82) is 0 Å². The molecule has 1 aromatic rings. The summed E-state index contributed by atoms with van der Waals surface area (Å²) in [5.41, 5.74) is 2.21. The van der Waals surface area contributed by atoms with E-state index in [0.717, 1.165) is 11.1 Å². The number of carbonyl (C=O) groups is 2. The van der Waals surface area contributed by atoms with Gasteiger partial charge < -0.3 is 4.74 Å². The molecule has 1 atom stereocenters. The molecule has 1 unspecified atom stereocenters. The third kappa shape index (κ3) is 1.99. The maximum Gasteiger partial charge on any atom is 0.317 e. The molecule has 0 saturated heterocycles. The van der Waals surface area contributed by atoms with Gasteiger partial charge in [-0.25, -0.2) is 0 Å². The van der Waals surface area contributed by atoms with Crippen LogP contribution in [0.1, 0.15) is 24.0 Å². The van der Waals surface area contributed by atoms with Crippen molar-refractivity contribution >= 4 is 17.8 Å². The molecular weight excluding hydrogens is 228 g/mol. The average Bonchev–Trinajstić information content (AvgIpc) is 2.77. The number of esters is 1. The van der Waals surface area contributed by atoms with Crippen molar-refractivity contribution in [2.45, 2.75) is 12.8 Å². The largest absolute Gasteiger partial charge is 0.468 e. The summed E-state index contributed by atoms with van der Waals surface area (Å²) in [4.78, 5) is 23.8. The highest BCUT2D eigenvalue weighted by molar-refractivity contribution is 6.14. The number of hydrogen-bond acceptors (Lipinski definition) is 3. The molecule has 1 aliphatic rings. The van der Waals surface area contributed by atoms with Gasteiger partial charge in [-0.2, -0.15) is 0 Å². The molecule has 0 radical (unpaired) electrons. The predicted octanol–water partition coefficient (Wildman–Crippen LogP) is 2.49. The fourth-order valence-corrected chi connectivity index (χ4v) is 2.16.